The summed E-state index contributed by atoms with van der Waals surface area (Å²) in [7, 11) is 3.85. The van der Waals surface area contributed by atoms with Crippen LogP contribution in [0.25, 0.3) is 0 Å². The minimum Gasteiger partial charge on any atom is -0.494 e. The summed E-state index contributed by atoms with van der Waals surface area (Å²) in [4.78, 5) is 15.2. The second kappa shape index (κ2) is 8.85. The first-order chi connectivity index (χ1) is 11.5. The van der Waals surface area contributed by atoms with E-state index in [1.165, 1.54) is 11.8 Å². The number of amides is 1. The Kier molecular flexibility index (Phi) is 6.82. The van der Waals surface area contributed by atoms with Crippen LogP contribution in [0.2, 0.25) is 5.02 Å². The van der Waals surface area contributed by atoms with Gasteiger partial charge in [0.25, 0.3) is 0 Å². The highest BCUT2D eigenvalue weighted by Crippen LogP contribution is 2.28. The summed E-state index contributed by atoms with van der Waals surface area (Å²) in [6.45, 7) is 2.59. The van der Waals surface area contributed by atoms with Crippen molar-refractivity contribution < 1.29 is 9.53 Å². The zero-order valence-corrected chi connectivity index (χ0v) is 15.6. The van der Waals surface area contributed by atoms with Crippen LogP contribution in [0, 0.1) is 0 Å². The van der Waals surface area contributed by atoms with E-state index < -0.39 is 0 Å². The molecule has 4 nitrogen and oxygen atoms in total. The first kappa shape index (κ1) is 18.5. The fraction of sp³-hybridized carbons (Fsp3) is 0.278. The van der Waals surface area contributed by atoms with E-state index in [1.54, 1.807) is 12.1 Å². The molecule has 0 aromatic heterocycles. The molecule has 0 aliphatic rings. The molecule has 128 valence electrons. The van der Waals surface area contributed by atoms with Gasteiger partial charge < -0.3 is 15.0 Å². The third-order valence-corrected chi connectivity index (χ3v) is 4.47. The number of carbonyl (C=O) groups is 1. The Morgan fingerprint density at radius 2 is 1.92 bits per heavy atom. The maximum Gasteiger partial charge on any atom is 0.234 e. The minimum absolute atomic E-state index is 0.0701. The molecule has 1 N–H and O–H groups in total. The summed E-state index contributed by atoms with van der Waals surface area (Å²) >= 11 is 7.51. The molecule has 0 spiro atoms. The summed E-state index contributed by atoms with van der Waals surface area (Å²) in [5.41, 5.74) is 1.63. The Labute approximate surface area is 152 Å². The predicted octanol–water partition coefficient (Wildman–Crippen LogP) is 4.54. The van der Waals surface area contributed by atoms with E-state index in [0.29, 0.717) is 23.1 Å². The summed E-state index contributed by atoms with van der Waals surface area (Å²) in [5.74, 6) is 1.09. The fourth-order valence-electron chi connectivity index (χ4n) is 2.13. The van der Waals surface area contributed by atoms with Crippen LogP contribution in [0.4, 0.5) is 11.4 Å². The normalized spacial score (nSPS) is 10.3. The molecule has 0 saturated carbocycles. The quantitative estimate of drug-likeness (QED) is 0.732. The van der Waals surface area contributed by atoms with Crippen molar-refractivity contribution in [2.24, 2.45) is 0 Å². The van der Waals surface area contributed by atoms with Crippen LogP contribution < -0.4 is 15.0 Å². The van der Waals surface area contributed by atoms with Crippen LogP contribution in [-0.4, -0.2) is 32.4 Å². The monoisotopic (exact) mass is 364 g/mol. The minimum atomic E-state index is -0.0701. The van der Waals surface area contributed by atoms with Crippen LogP contribution in [-0.2, 0) is 4.79 Å². The number of benzene rings is 2. The van der Waals surface area contributed by atoms with E-state index >= 15 is 0 Å². The van der Waals surface area contributed by atoms with Gasteiger partial charge in [-0.2, -0.15) is 0 Å². The first-order valence-electron chi connectivity index (χ1n) is 7.62. The van der Waals surface area contributed by atoms with Crippen LogP contribution >= 0.6 is 23.4 Å². The lowest BCUT2D eigenvalue weighted by Crippen LogP contribution is -2.18. The van der Waals surface area contributed by atoms with Crippen molar-refractivity contribution in [2.75, 3.05) is 36.7 Å². The average Bonchev–Trinajstić information content (AvgIpc) is 2.54. The van der Waals surface area contributed by atoms with Crippen molar-refractivity contribution in [3.63, 3.8) is 0 Å². The Bertz CT molecular complexity index is 690. The van der Waals surface area contributed by atoms with Gasteiger partial charge in [-0.3, -0.25) is 4.79 Å². The van der Waals surface area contributed by atoms with Gasteiger partial charge in [0.05, 0.1) is 23.7 Å². The molecule has 0 aliphatic carbocycles. The van der Waals surface area contributed by atoms with Crippen molar-refractivity contribution >= 4 is 40.6 Å². The molecule has 1 amide bonds. The van der Waals surface area contributed by atoms with E-state index in [4.69, 9.17) is 16.3 Å². The van der Waals surface area contributed by atoms with Gasteiger partial charge in [0, 0.05) is 24.0 Å². The molecule has 0 saturated heterocycles. The lowest BCUT2D eigenvalue weighted by atomic mass is 10.2. The second-order valence-electron chi connectivity index (χ2n) is 5.30. The Balaban J connectivity index is 1.95. The SMILES string of the molecule is CCOc1ccc(SCC(=O)Nc2cc(Cl)ccc2N(C)C)cc1. The van der Waals surface area contributed by atoms with Crippen molar-refractivity contribution in [3.05, 3.63) is 47.5 Å². The molecular weight excluding hydrogens is 344 g/mol. The number of hydrogen-bond acceptors (Lipinski definition) is 4. The Morgan fingerprint density at radius 3 is 2.54 bits per heavy atom. The van der Waals surface area contributed by atoms with Gasteiger partial charge in [-0.15, -0.1) is 11.8 Å². The summed E-state index contributed by atoms with van der Waals surface area (Å²) in [6, 6.07) is 13.2. The number of thioether (sulfide) groups is 1. The molecule has 6 heteroatoms. The molecule has 0 radical (unpaired) electrons. The smallest absolute Gasteiger partial charge is 0.234 e. The number of halogens is 1. The van der Waals surface area contributed by atoms with Crippen molar-refractivity contribution in [2.45, 2.75) is 11.8 Å². The predicted molar refractivity (Wildman–Crippen MR) is 103 cm³/mol. The number of nitrogens with one attached hydrogen (secondary N) is 1. The topological polar surface area (TPSA) is 41.6 Å². The number of carbonyl (C=O) groups excluding carboxylic acids is 1. The highest BCUT2D eigenvalue weighted by molar-refractivity contribution is 8.00. The van der Waals surface area contributed by atoms with Gasteiger partial charge in [-0.05, 0) is 49.4 Å². The number of ether oxygens (including phenoxy) is 1. The van der Waals surface area contributed by atoms with Gasteiger partial charge in [0.15, 0.2) is 0 Å². The van der Waals surface area contributed by atoms with Crippen LogP contribution in [0.3, 0.4) is 0 Å². The van der Waals surface area contributed by atoms with E-state index in [-0.39, 0.29) is 5.91 Å². The molecule has 0 fully saturated rings. The molecule has 0 atom stereocenters. The molecule has 0 aliphatic heterocycles. The average molecular weight is 365 g/mol. The molecule has 0 heterocycles. The van der Waals surface area contributed by atoms with E-state index in [0.717, 1.165) is 16.3 Å². The van der Waals surface area contributed by atoms with Crippen LogP contribution in [0.15, 0.2) is 47.4 Å². The van der Waals surface area contributed by atoms with Gasteiger partial charge in [-0.1, -0.05) is 11.6 Å². The third-order valence-electron chi connectivity index (χ3n) is 3.22. The molecule has 2 aromatic rings. The molecule has 2 rings (SSSR count). The van der Waals surface area contributed by atoms with Crippen molar-refractivity contribution in [3.8, 4) is 5.75 Å². The highest BCUT2D eigenvalue weighted by atomic mass is 35.5. The van der Waals surface area contributed by atoms with E-state index in [9.17, 15) is 4.79 Å². The third kappa shape index (κ3) is 5.35. The molecule has 0 bridgehead atoms. The number of anilines is 2. The fourth-order valence-corrected chi connectivity index (χ4v) is 3.00. The van der Waals surface area contributed by atoms with Gasteiger partial charge in [0.1, 0.15) is 5.75 Å². The largest absolute Gasteiger partial charge is 0.494 e. The Morgan fingerprint density at radius 1 is 1.21 bits per heavy atom. The van der Waals surface area contributed by atoms with Crippen LogP contribution in [0.1, 0.15) is 6.92 Å². The summed E-state index contributed by atoms with van der Waals surface area (Å²) < 4.78 is 5.41. The van der Waals surface area contributed by atoms with Crippen molar-refractivity contribution in [1.29, 1.82) is 0 Å². The second-order valence-corrected chi connectivity index (χ2v) is 6.78. The summed E-state index contributed by atoms with van der Waals surface area (Å²) in [5, 5.41) is 3.52. The summed E-state index contributed by atoms with van der Waals surface area (Å²) in [6.07, 6.45) is 0. The lowest BCUT2D eigenvalue weighted by molar-refractivity contribution is -0.113. The van der Waals surface area contributed by atoms with Crippen LogP contribution in [0.5, 0.6) is 5.75 Å². The molecule has 2 aromatic carbocycles. The highest BCUT2D eigenvalue weighted by Gasteiger charge is 2.10. The van der Waals surface area contributed by atoms with Gasteiger partial charge >= 0.3 is 0 Å². The van der Waals surface area contributed by atoms with Gasteiger partial charge in [0.2, 0.25) is 5.91 Å². The standard InChI is InChI=1S/C18H21ClN2O2S/c1-4-23-14-6-8-15(9-7-14)24-12-18(22)20-16-11-13(19)5-10-17(16)21(2)3/h5-11H,4,12H2,1-3H3,(H,20,22). The van der Waals surface area contributed by atoms with Crippen molar-refractivity contribution in [1.82, 2.24) is 0 Å². The number of nitrogens with zero attached hydrogens (tertiary/aromatic N) is 1. The Hall–Kier alpha value is -1.85. The van der Waals surface area contributed by atoms with E-state index in [1.807, 2.05) is 56.3 Å². The molecular formula is C18H21ClN2O2S. The maximum absolute atomic E-state index is 12.2. The number of hydrogen-bond donors (Lipinski definition) is 1. The van der Waals surface area contributed by atoms with Gasteiger partial charge in [-0.25, -0.2) is 0 Å². The number of rotatable bonds is 7. The zero-order chi connectivity index (χ0) is 17.5. The van der Waals surface area contributed by atoms with E-state index in [2.05, 4.69) is 5.32 Å². The first-order valence-corrected chi connectivity index (χ1v) is 8.98. The molecule has 0 unspecified atom stereocenters. The molecule has 24 heavy (non-hydrogen) atoms. The maximum atomic E-state index is 12.2. The lowest BCUT2D eigenvalue weighted by Gasteiger charge is -2.18. The zero-order valence-electron chi connectivity index (χ0n) is 14.0.